The molecule has 0 unspecified atom stereocenters. The van der Waals surface area contributed by atoms with Crippen molar-refractivity contribution in [1.29, 1.82) is 0 Å². The van der Waals surface area contributed by atoms with Crippen LogP contribution in [0.2, 0.25) is 0 Å². The number of rotatable bonds is 4. The summed E-state index contributed by atoms with van der Waals surface area (Å²) < 4.78 is 5.52. The second-order valence-electron chi connectivity index (χ2n) is 6.23. The first-order valence-electron chi connectivity index (χ1n) is 7.17. The van der Waals surface area contributed by atoms with Crippen LogP contribution in [0.5, 0.6) is 0 Å². The molecule has 1 aliphatic heterocycles. The van der Waals surface area contributed by atoms with Crippen LogP contribution in [-0.2, 0) is 10.2 Å². The van der Waals surface area contributed by atoms with Crippen molar-refractivity contribution in [3.63, 3.8) is 0 Å². The second kappa shape index (κ2) is 6.18. The molecule has 0 amide bonds. The second-order valence-corrected chi connectivity index (χ2v) is 7.19. The Balaban J connectivity index is 1.89. The van der Waals surface area contributed by atoms with Crippen LogP contribution < -0.4 is 4.90 Å². The van der Waals surface area contributed by atoms with E-state index in [4.69, 9.17) is 4.74 Å². The Morgan fingerprint density at radius 2 is 1.95 bits per heavy atom. The molecule has 4 nitrogen and oxygen atoms in total. The van der Waals surface area contributed by atoms with Gasteiger partial charge in [-0.2, -0.15) is 0 Å². The SMILES string of the molecule is CCOCC1CCN(c2nnc(C(C)(C)C)s2)CC1. The molecule has 0 N–H and O–H groups in total. The first-order chi connectivity index (χ1) is 9.00. The third-order valence-corrected chi connectivity index (χ3v) is 4.91. The van der Waals surface area contributed by atoms with Gasteiger partial charge in [0, 0.05) is 31.7 Å². The highest BCUT2D eigenvalue weighted by Gasteiger charge is 2.24. The largest absolute Gasteiger partial charge is 0.381 e. The van der Waals surface area contributed by atoms with Crippen LogP contribution in [0.25, 0.3) is 0 Å². The van der Waals surface area contributed by atoms with Gasteiger partial charge in [0.1, 0.15) is 5.01 Å². The van der Waals surface area contributed by atoms with Crippen molar-refractivity contribution in [2.75, 3.05) is 31.2 Å². The molecule has 0 saturated carbocycles. The first kappa shape index (κ1) is 14.7. The Labute approximate surface area is 120 Å². The lowest BCUT2D eigenvalue weighted by atomic mass is 9.98. The Hall–Kier alpha value is -0.680. The van der Waals surface area contributed by atoms with Gasteiger partial charge in [0.25, 0.3) is 0 Å². The fourth-order valence-electron chi connectivity index (χ4n) is 2.22. The van der Waals surface area contributed by atoms with E-state index < -0.39 is 0 Å². The highest BCUT2D eigenvalue weighted by atomic mass is 32.1. The van der Waals surface area contributed by atoms with Crippen molar-refractivity contribution in [3.8, 4) is 0 Å². The summed E-state index contributed by atoms with van der Waals surface area (Å²) in [6.45, 7) is 12.5. The highest BCUT2D eigenvalue weighted by Crippen LogP contribution is 2.31. The summed E-state index contributed by atoms with van der Waals surface area (Å²) in [4.78, 5) is 2.37. The van der Waals surface area contributed by atoms with Crippen LogP contribution in [0.3, 0.4) is 0 Å². The molecule has 0 aliphatic carbocycles. The van der Waals surface area contributed by atoms with Crippen molar-refractivity contribution < 1.29 is 4.74 Å². The van der Waals surface area contributed by atoms with Gasteiger partial charge in [0.15, 0.2) is 0 Å². The number of hydrogen-bond donors (Lipinski definition) is 0. The standard InChI is InChI=1S/C14H25N3OS/c1-5-18-10-11-6-8-17(9-7-11)13-16-15-12(19-13)14(2,3)4/h11H,5-10H2,1-4H3. The van der Waals surface area contributed by atoms with E-state index in [1.807, 2.05) is 0 Å². The Morgan fingerprint density at radius 1 is 1.26 bits per heavy atom. The number of ether oxygens (including phenoxy) is 1. The minimum atomic E-state index is 0.100. The molecular weight excluding hydrogens is 258 g/mol. The summed E-state index contributed by atoms with van der Waals surface area (Å²) in [5, 5.41) is 10.9. The number of anilines is 1. The number of piperidine rings is 1. The first-order valence-corrected chi connectivity index (χ1v) is 7.99. The molecule has 0 bridgehead atoms. The fourth-order valence-corrected chi connectivity index (χ4v) is 3.18. The molecule has 1 saturated heterocycles. The minimum absolute atomic E-state index is 0.100. The molecule has 2 heterocycles. The van der Waals surface area contributed by atoms with Crippen LogP contribution >= 0.6 is 11.3 Å². The lowest BCUT2D eigenvalue weighted by Gasteiger charge is -2.31. The summed E-state index contributed by atoms with van der Waals surface area (Å²) in [6, 6.07) is 0. The molecule has 0 radical (unpaired) electrons. The van der Waals surface area contributed by atoms with Gasteiger partial charge in [-0.3, -0.25) is 0 Å². The molecule has 5 heteroatoms. The predicted molar refractivity (Wildman–Crippen MR) is 80.0 cm³/mol. The van der Waals surface area contributed by atoms with Crippen molar-refractivity contribution in [1.82, 2.24) is 10.2 Å². The molecule has 1 aromatic rings. The normalized spacial score (nSPS) is 18.0. The Morgan fingerprint density at radius 3 is 2.47 bits per heavy atom. The summed E-state index contributed by atoms with van der Waals surface area (Å²) in [5.74, 6) is 0.714. The van der Waals surface area contributed by atoms with Crippen molar-refractivity contribution in [2.45, 2.75) is 46.0 Å². The third-order valence-electron chi connectivity index (χ3n) is 3.50. The maximum atomic E-state index is 5.52. The van der Waals surface area contributed by atoms with Crippen LogP contribution in [0.1, 0.15) is 45.5 Å². The molecule has 2 rings (SSSR count). The average Bonchev–Trinajstić information content (AvgIpc) is 2.86. The highest BCUT2D eigenvalue weighted by molar-refractivity contribution is 7.15. The lowest BCUT2D eigenvalue weighted by molar-refractivity contribution is 0.100. The van der Waals surface area contributed by atoms with Gasteiger partial charge < -0.3 is 9.64 Å². The zero-order chi connectivity index (χ0) is 13.9. The zero-order valence-electron chi connectivity index (χ0n) is 12.5. The Kier molecular flexibility index (Phi) is 4.79. The van der Waals surface area contributed by atoms with Crippen LogP contribution in [0.4, 0.5) is 5.13 Å². The van der Waals surface area contributed by atoms with Crippen molar-refractivity contribution in [3.05, 3.63) is 5.01 Å². The van der Waals surface area contributed by atoms with Crippen LogP contribution in [0, 0.1) is 5.92 Å². The fraction of sp³-hybridized carbons (Fsp3) is 0.857. The maximum Gasteiger partial charge on any atom is 0.208 e. The molecule has 0 atom stereocenters. The molecule has 1 aromatic heterocycles. The number of aromatic nitrogens is 2. The van der Waals surface area contributed by atoms with Crippen LogP contribution in [0.15, 0.2) is 0 Å². The average molecular weight is 283 g/mol. The molecular formula is C14H25N3OS. The van der Waals surface area contributed by atoms with Gasteiger partial charge in [0.2, 0.25) is 5.13 Å². The lowest BCUT2D eigenvalue weighted by Crippen LogP contribution is -2.35. The van der Waals surface area contributed by atoms with Gasteiger partial charge >= 0.3 is 0 Å². The van der Waals surface area contributed by atoms with E-state index in [2.05, 4.69) is 42.8 Å². The molecule has 0 spiro atoms. The topological polar surface area (TPSA) is 38.2 Å². The summed E-state index contributed by atoms with van der Waals surface area (Å²) in [7, 11) is 0. The monoisotopic (exact) mass is 283 g/mol. The minimum Gasteiger partial charge on any atom is -0.381 e. The summed E-state index contributed by atoms with van der Waals surface area (Å²) >= 11 is 1.74. The van der Waals surface area contributed by atoms with Gasteiger partial charge in [0.05, 0.1) is 0 Å². The van der Waals surface area contributed by atoms with Gasteiger partial charge in [-0.15, -0.1) is 10.2 Å². The maximum absolute atomic E-state index is 5.52. The van der Waals surface area contributed by atoms with E-state index >= 15 is 0 Å². The number of hydrogen-bond acceptors (Lipinski definition) is 5. The summed E-state index contributed by atoms with van der Waals surface area (Å²) in [6.07, 6.45) is 2.40. The quantitative estimate of drug-likeness (QED) is 0.851. The summed E-state index contributed by atoms with van der Waals surface area (Å²) in [5.41, 5.74) is 0.100. The molecule has 1 aliphatic rings. The smallest absolute Gasteiger partial charge is 0.208 e. The van der Waals surface area contributed by atoms with E-state index in [9.17, 15) is 0 Å². The van der Waals surface area contributed by atoms with Gasteiger partial charge in [-0.05, 0) is 25.7 Å². The Bertz CT molecular complexity index is 392. The number of nitrogens with zero attached hydrogens (tertiary/aromatic N) is 3. The molecule has 1 fully saturated rings. The molecule has 0 aromatic carbocycles. The van der Waals surface area contributed by atoms with E-state index in [-0.39, 0.29) is 5.41 Å². The van der Waals surface area contributed by atoms with Crippen LogP contribution in [-0.4, -0.2) is 36.5 Å². The van der Waals surface area contributed by atoms with E-state index in [1.54, 1.807) is 11.3 Å². The van der Waals surface area contributed by atoms with Gasteiger partial charge in [-0.1, -0.05) is 32.1 Å². The van der Waals surface area contributed by atoms with Crippen molar-refractivity contribution >= 4 is 16.5 Å². The van der Waals surface area contributed by atoms with E-state index in [0.29, 0.717) is 5.92 Å². The van der Waals surface area contributed by atoms with E-state index in [1.165, 1.54) is 12.8 Å². The van der Waals surface area contributed by atoms with Crippen molar-refractivity contribution in [2.24, 2.45) is 5.92 Å². The molecule has 108 valence electrons. The molecule has 19 heavy (non-hydrogen) atoms. The van der Waals surface area contributed by atoms with E-state index in [0.717, 1.165) is 36.4 Å². The zero-order valence-corrected chi connectivity index (χ0v) is 13.3. The van der Waals surface area contributed by atoms with Gasteiger partial charge in [-0.25, -0.2) is 0 Å². The predicted octanol–water partition coefficient (Wildman–Crippen LogP) is 3.09. The third kappa shape index (κ3) is 3.89.